The normalized spacial score (nSPS) is 11.1. The highest BCUT2D eigenvalue weighted by Gasteiger charge is 2.15. The highest BCUT2D eigenvalue weighted by Crippen LogP contribution is 2.23. The first-order valence-corrected chi connectivity index (χ1v) is 6.83. The highest BCUT2D eigenvalue weighted by atomic mass is 32.1. The molecule has 5 heteroatoms. The first-order valence-electron chi connectivity index (χ1n) is 6.01. The lowest BCUT2D eigenvalue weighted by atomic mass is 10.1. The Balaban J connectivity index is 1.88. The molecule has 1 aromatic carbocycles. The number of nitrogens with zero attached hydrogens (tertiary/aromatic N) is 3. The van der Waals surface area contributed by atoms with Crippen LogP contribution in [0.2, 0.25) is 0 Å². The second-order valence-electron chi connectivity index (χ2n) is 4.48. The molecule has 3 aromatic rings. The fourth-order valence-corrected chi connectivity index (χ4v) is 3.07. The number of rotatable bonds is 3. The maximum Gasteiger partial charge on any atom is 0.173 e. The van der Waals surface area contributed by atoms with Crippen LogP contribution in [-0.4, -0.2) is 20.5 Å². The number of Topliss-reactive ketones (excluding diaryl/α,β-unsaturated/α-hetero) is 1. The van der Waals surface area contributed by atoms with Gasteiger partial charge in [-0.2, -0.15) is 5.10 Å². The summed E-state index contributed by atoms with van der Waals surface area (Å²) in [5.41, 5.74) is 2.41. The topological polar surface area (TPSA) is 47.8 Å². The number of benzene rings is 1. The predicted molar refractivity (Wildman–Crippen MR) is 75.6 cm³/mol. The van der Waals surface area contributed by atoms with Crippen molar-refractivity contribution in [1.29, 1.82) is 0 Å². The van der Waals surface area contributed by atoms with Gasteiger partial charge < -0.3 is 0 Å². The molecule has 0 saturated carbocycles. The van der Waals surface area contributed by atoms with Crippen LogP contribution in [0.15, 0.2) is 30.5 Å². The molecule has 0 radical (unpaired) electrons. The number of carbonyl (C=O) groups excluding carboxylic acids is 1. The minimum absolute atomic E-state index is 0.0738. The Labute approximate surface area is 114 Å². The van der Waals surface area contributed by atoms with Crippen molar-refractivity contribution in [3.63, 3.8) is 0 Å². The van der Waals surface area contributed by atoms with E-state index in [-0.39, 0.29) is 5.78 Å². The summed E-state index contributed by atoms with van der Waals surface area (Å²) in [5, 5.41) is 5.05. The molecular weight excluding hydrogens is 258 g/mol. The zero-order chi connectivity index (χ0) is 13.4. The molecule has 19 heavy (non-hydrogen) atoms. The molecule has 0 aliphatic carbocycles. The molecule has 96 valence electrons. The first kappa shape index (κ1) is 12.0. The zero-order valence-electron chi connectivity index (χ0n) is 10.8. The largest absolute Gasteiger partial charge is 0.294 e. The van der Waals surface area contributed by atoms with Crippen molar-refractivity contribution in [2.24, 2.45) is 7.05 Å². The summed E-state index contributed by atoms with van der Waals surface area (Å²) in [6, 6.07) is 7.93. The van der Waals surface area contributed by atoms with Crippen LogP contribution in [0.5, 0.6) is 0 Å². The number of hydrogen-bond donors (Lipinski definition) is 0. The number of ketones is 1. The second-order valence-corrected chi connectivity index (χ2v) is 5.59. The van der Waals surface area contributed by atoms with Gasteiger partial charge in [0, 0.05) is 13.2 Å². The van der Waals surface area contributed by atoms with Gasteiger partial charge >= 0.3 is 0 Å². The number of hydrogen-bond acceptors (Lipinski definition) is 4. The van der Waals surface area contributed by atoms with Gasteiger partial charge in [0.2, 0.25) is 0 Å². The van der Waals surface area contributed by atoms with Crippen molar-refractivity contribution in [1.82, 2.24) is 14.8 Å². The van der Waals surface area contributed by atoms with E-state index in [4.69, 9.17) is 0 Å². The zero-order valence-corrected chi connectivity index (χ0v) is 11.6. The molecule has 0 amide bonds. The van der Waals surface area contributed by atoms with Crippen LogP contribution in [0.25, 0.3) is 10.2 Å². The Morgan fingerprint density at radius 1 is 1.37 bits per heavy atom. The lowest BCUT2D eigenvalue weighted by Gasteiger charge is -1.95. The number of carbonyl (C=O) groups is 1. The van der Waals surface area contributed by atoms with Crippen molar-refractivity contribution >= 4 is 27.3 Å². The van der Waals surface area contributed by atoms with Crippen LogP contribution in [0.1, 0.15) is 21.1 Å². The summed E-state index contributed by atoms with van der Waals surface area (Å²) in [7, 11) is 1.82. The molecule has 0 bridgehead atoms. The van der Waals surface area contributed by atoms with Crippen molar-refractivity contribution in [2.45, 2.75) is 13.3 Å². The fourth-order valence-electron chi connectivity index (χ4n) is 2.10. The number of thiazole rings is 1. The molecule has 2 aromatic heterocycles. The highest BCUT2D eigenvalue weighted by molar-refractivity contribution is 7.18. The number of fused-ring (bicyclic) bond motifs is 1. The number of aromatic nitrogens is 3. The molecule has 0 unspecified atom stereocenters. The SMILES string of the molecule is Cc1nn(C)cc1C(=O)Cc1nc2ccccc2s1. The summed E-state index contributed by atoms with van der Waals surface area (Å²) in [4.78, 5) is 16.7. The van der Waals surface area contributed by atoms with Crippen LogP contribution in [0.4, 0.5) is 0 Å². The average Bonchev–Trinajstić information content (AvgIpc) is 2.91. The molecule has 0 saturated heterocycles. The molecule has 0 spiro atoms. The Kier molecular flexibility index (Phi) is 2.91. The van der Waals surface area contributed by atoms with E-state index in [2.05, 4.69) is 10.1 Å². The molecule has 4 nitrogen and oxygen atoms in total. The Morgan fingerprint density at radius 3 is 2.84 bits per heavy atom. The Hall–Kier alpha value is -2.01. The van der Waals surface area contributed by atoms with Crippen LogP contribution in [-0.2, 0) is 13.5 Å². The summed E-state index contributed by atoms with van der Waals surface area (Å²) in [5.74, 6) is 0.0738. The van der Waals surface area contributed by atoms with E-state index >= 15 is 0 Å². The fraction of sp³-hybridized carbons (Fsp3) is 0.214. The summed E-state index contributed by atoms with van der Waals surface area (Å²) in [6.07, 6.45) is 2.11. The molecule has 2 heterocycles. The summed E-state index contributed by atoms with van der Waals surface area (Å²) in [6.45, 7) is 1.85. The summed E-state index contributed by atoms with van der Waals surface area (Å²) >= 11 is 1.57. The average molecular weight is 271 g/mol. The Bertz CT molecular complexity index is 724. The van der Waals surface area contributed by atoms with Gasteiger partial charge in [-0.15, -0.1) is 11.3 Å². The maximum absolute atomic E-state index is 12.2. The molecule has 3 rings (SSSR count). The third-order valence-electron chi connectivity index (χ3n) is 2.96. The summed E-state index contributed by atoms with van der Waals surface area (Å²) < 4.78 is 2.79. The van der Waals surface area contributed by atoms with Gasteiger partial charge in [0.05, 0.1) is 27.9 Å². The van der Waals surface area contributed by atoms with Gasteiger partial charge in [-0.05, 0) is 19.1 Å². The van der Waals surface area contributed by atoms with Crippen LogP contribution < -0.4 is 0 Å². The minimum Gasteiger partial charge on any atom is -0.294 e. The van der Waals surface area contributed by atoms with E-state index in [0.717, 1.165) is 20.9 Å². The first-order chi connectivity index (χ1) is 9.13. The van der Waals surface area contributed by atoms with E-state index in [0.29, 0.717) is 12.0 Å². The third-order valence-corrected chi connectivity index (χ3v) is 4.00. The van der Waals surface area contributed by atoms with Crippen LogP contribution >= 0.6 is 11.3 Å². The van der Waals surface area contributed by atoms with Crippen molar-refractivity contribution in [2.75, 3.05) is 0 Å². The van der Waals surface area contributed by atoms with Crippen molar-refractivity contribution < 1.29 is 4.79 Å². The minimum atomic E-state index is 0.0738. The van der Waals surface area contributed by atoms with E-state index in [1.807, 2.05) is 38.2 Å². The second kappa shape index (κ2) is 4.59. The molecule has 0 fully saturated rings. The number of aryl methyl sites for hydroxylation is 2. The smallest absolute Gasteiger partial charge is 0.173 e. The molecule has 0 N–H and O–H groups in total. The van der Waals surface area contributed by atoms with Gasteiger partial charge in [-0.1, -0.05) is 12.1 Å². The van der Waals surface area contributed by atoms with Crippen molar-refractivity contribution in [3.8, 4) is 0 Å². The van der Waals surface area contributed by atoms with Gasteiger partial charge in [0.25, 0.3) is 0 Å². The van der Waals surface area contributed by atoms with E-state index in [1.165, 1.54) is 0 Å². The number of para-hydroxylation sites is 1. The predicted octanol–water partition coefficient (Wildman–Crippen LogP) is 2.76. The van der Waals surface area contributed by atoms with Gasteiger partial charge in [-0.3, -0.25) is 9.48 Å². The molecule has 0 atom stereocenters. The lowest BCUT2D eigenvalue weighted by molar-refractivity contribution is 0.0992. The van der Waals surface area contributed by atoms with E-state index in [9.17, 15) is 4.79 Å². The lowest BCUT2D eigenvalue weighted by Crippen LogP contribution is -2.03. The van der Waals surface area contributed by atoms with Crippen LogP contribution in [0, 0.1) is 6.92 Å². The molecular formula is C14H13N3OS. The maximum atomic E-state index is 12.2. The molecule has 0 aliphatic heterocycles. The van der Waals surface area contributed by atoms with Gasteiger partial charge in [0.15, 0.2) is 5.78 Å². The van der Waals surface area contributed by atoms with Crippen LogP contribution in [0.3, 0.4) is 0 Å². The van der Waals surface area contributed by atoms with Crippen molar-refractivity contribution in [3.05, 3.63) is 46.7 Å². The quantitative estimate of drug-likeness (QED) is 0.688. The molecule has 0 aliphatic rings. The van der Waals surface area contributed by atoms with Gasteiger partial charge in [-0.25, -0.2) is 4.98 Å². The van der Waals surface area contributed by atoms with Gasteiger partial charge in [0.1, 0.15) is 5.01 Å². The standard InChI is InChI=1S/C14H13N3OS/c1-9-10(8-17(2)16-9)12(18)7-14-15-11-5-3-4-6-13(11)19-14/h3-6,8H,7H2,1-2H3. The monoisotopic (exact) mass is 271 g/mol. The third kappa shape index (κ3) is 2.29. The van der Waals surface area contributed by atoms with E-state index in [1.54, 1.807) is 22.2 Å². The van der Waals surface area contributed by atoms with E-state index < -0.39 is 0 Å². The Morgan fingerprint density at radius 2 is 2.16 bits per heavy atom.